The number of aromatic carboxylic acids is 1. The number of carbonyl (C=O) groups is 1. The highest BCUT2D eigenvalue weighted by molar-refractivity contribution is 9.10. The Hall–Kier alpha value is -0.890. The van der Waals surface area contributed by atoms with E-state index in [2.05, 4.69) is 15.9 Å². The summed E-state index contributed by atoms with van der Waals surface area (Å²) in [5.74, 6) is -1.39. The molecule has 0 aliphatic rings. The Balaban J connectivity index is 2.75. The highest BCUT2D eigenvalue weighted by Gasteiger charge is 2.27. The van der Waals surface area contributed by atoms with Crippen molar-refractivity contribution in [1.29, 1.82) is 0 Å². The molecule has 1 aromatic rings. The molecule has 3 nitrogen and oxygen atoms in total. The largest absolute Gasteiger partial charge is 0.492 e. The Morgan fingerprint density at radius 3 is 2.63 bits per heavy atom. The van der Waals surface area contributed by atoms with Gasteiger partial charge in [0.25, 0.3) is 0 Å². The third-order valence-corrected chi connectivity index (χ3v) is 3.22. The number of carboxylic acids is 1. The normalized spacial score (nSPS) is 11.4. The van der Waals surface area contributed by atoms with Gasteiger partial charge in [-0.3, -0.25) is 0 Å². The molecule has 0 radical (unpaired) electrons. The van der Waals surface area contributed by atoms with Crippen LogP contribution >= 0.6 is 27.7 Å². The summed E-state index contributed by atoms with van der Waals surface area (Å²) in [5, 5.41) is 9.01. The van der Waals surface area contributed by atoms with E-state index in [4.69, 9.17) is 9.84 Å². The Morgan fingerprint density at radius 1 is 1.47 bits per heavy atom. The standard InChI is InChI=1S/C11H10BrF3O3S/c1-6-4-7(12)5-8(10(16)17)9(6)18-2-3-19-11(13,14)15/h4-5H,2-3H2,1H3,(H,16,17). The van der Waals surface area contributed by atoms with Gasteiger partial charge in [0.2, 0.25) is 0 Å². The highest BCUT2D eigenvalue weighted by atomic mass is 79.9. The van der Waals surface area contributed by atoms with Gasteiger partial charge in [-0.15, -0.1) is 0 Å². The van der Waals surface area contributed by atoms with Gasteiger partial charge >= 0.3 is 11.5 Å². The molecule has 106 valence electrons. The summed E-state index contributed by atoms with van der Waals surface area (Å²) in [4.78, 5) is 11.0. The van der Waals surface area contributed by atoms with Crippen molar-refractivity contribution in [2.45, 2.75) is 12.4 Å². The number of hydrogen-bond donors (Lipinski definition) is 1. The van der Waals surface area contributed by atoms with Gasteiger partial charge in [-0.2, -0.15) is 13.2 Å². The predicted octanol–water partition coefficient (Wildman–Crippen LogP) is 4.09. The Kier molecular flexibility index (Phi) is 5.54. The molecular weight excluding hydrogens is 349 g/mol. The summed E-state index contributed by atoms with van der Waals surface area (Å²) in [6, 6.07) is 2.99. The number of carboxylic acid groups (broad SMARTS) is 1. The highest BCUT2D eigenvalue weighted by Crippen LogP contribution is 2.31. The van der Waals surface area contributed by atoms with Gasteiger partial charge in [-0.25, -0.2) is 4.79 Å². The summed E-state index contributed by atoms with van der Waals surface area (Å²) < 4.78 is 41.5. The van der Waals surface area contributed by atoms with Crippen LogP contribution in [0.3, 0.4) is 0 Å². The van der Waals surface area contributed by atoms with E-state index in [1.165, 1.54) is 6.07 Å². The van der Waals surface area contributed by atoms with Crippen LogP contribution in [0.15, 0.2) is 16.6 Å². The van der Waals surface area contributed by atoms with Crippen LogP contribution in [0.25, 0.3) is 0 Å². The number of hydrogen-bond acceptors (Lipinski definition) is 3. The lowest BCUT2D eigenvalue weighted by Crippen LogP contribution is -2.10. The molecule has 1 rings (SSSR count). The van der Waals surface area contributed by atoms with Crippen molar-refractivity contribution in [2.24, 2.45) is 0 Å². The van der Waals surface area contributed by atoms with Crippen molar-refractivity contribution in [1.82, 2.24) is 0 Å². The molecule has 19 heavy (non-hydrogen) atoms. The van der Waals surface area contributed by atoms with E-state index in [0.29, 0.717) is 10.0 Å². The van der Waals surface area contributed by atoms with E-state index in [9.17, 15) is 18.0 Å². The minimum atomic E-state index is -4.31. The van der Waals surface area contributed by atoms with Crippen molar-refractivity contribution < 1.29 is 27.8 Å². The number of alkyl halides is 3. The summed E-state index contributed by atoms with van der Waals surface area (Å²) >= 11 is 2.95. The summed E-state index contributed by atoms with van der Waals surface area (Å²) in [7, 11) is 0. The lowest BCUT2D eigenvalue weighted by atomic mass is 10.1. The number of benzene rings is 1. The van der Waals surface area contributed by atoms with Crippen molar-refractivity contribution in [3.8, 4) is 5.75 Å². The minimum absolute atomic E-state index is 0.0797. The van der Waals surface area contributed by atoms with E-state index in [1.807, 2.05) is 0 Å². The summed E-state index contributed by atoms with van der Waals surface area (Å²) in [5.41, 5.74) is -3.85. The van der Waals surface area contributed by atoms with Gasteiger partial charge in [0, 0.05) is 10.2 Å². The number of aryl methyl sites for hydroxylation is 1. The SMILES string of the molecule is Cc1cc(Br)cc(C(=O)O)c1OCCSC(F)(F)F. The molecule has 0 heterocycles. The summed E-state index contributed by atoms with van der Waals surface area (Å²) in [6.45, 7) is 1.41. The van der Waals surface area contributed by atoms with Gasteiger partial charge in [-0.1, -0.05) is 15.9 Å². The fourth-order valence-electron chi connectivity index (χ4n) is 1.38. The van der Waals surface area contributed by atoms with Crippen molar-refractivity contribution in [3.05, 3.63) is 27.7 Å². The maximum Gasteiger partial charge on any atom is 0.441 e. The van der Waals surface area contributed by atoms with Crippen LogP contribution in [0.5, 0.6) is 5.75 Å². The zero-order valence-corrected chi connectivity index (χ0v) is 12.2. The van der Waals surface area contributed by atoms with Crippen LogP contribution in [0.2, 0.25) is 0 Å². The zero-order chi connectivity index (χ0) is 14.6. The van der Waals surface area contributed by atoms with Crippen LogP contribution in [-0.4, -0.2) is 28.9 Å². The lowest BCUT2D eigenvalue weighted by Gasteiger charge is -2.13. The Bertz CT molecular complexity index is 477. The molecule has 1 aromatic carbocycles. The molecule has 0 aliphatic heterocycles. The second kappa shape index (κ2) is 6.51. The van der Waals surface area contributed by atoms with E-state index in [-0.39, 0.29) is 35.4 Å². The molecule has 0 aliphatic carbocycles. The molecule has 0 saturated heterocycles. The molecule has 8 heteroatoms. The fourth-order valence-corrected chi connectivity index (χ4v) is 2.35. The van der Waals surface area contributed by atoms with Crippen LogP contribution in [0.1, 0.15) is 15.9 Å². The Morgan fingerprint density at radius 2 is 2.11 bits per heavy atom. The molecular formula is C11H10BrF3O3S. The summed E-state index contributed by atoms with van der Waals surface area (Å²) in [6.07, 6.45) is 0. The molecule has 0 fully saturated rings. The first kappa shape index (κ1) is 16.2. The van der Waals surface area contributed by atoms with Gasteiger partial charge in [0.1, 0.15) is 11.3 Å². The molecule has 0 saturated carbocycles. The van der Waals surface area contributed by atoms with Crippen molar-refractivity contribution in [2.75, 3.05) is 12.4 Å². The second-order valence-corrected chi connectivity index (χ2v) is 5.62. The Labute approximate surface area is 120 Å². The maximum absolute atomic E-state index is 11.9. The number of halogens is 4. The van der Waals surface area contributed by atoms with Crippen LogP contribution in [-0.2, 0) is 0 Å². The molecule has 0 unspecified atom stereocenters. The van der Waals surface area contributed by atoms with E-state index >= 15 is 0 Å². The minimum Gasteiger partial charge on any atom is -0.492 e. The number of ether oxygens (including phenoxy) is 1. The predicted molar refractivity (Wildman–Crippen MR) is 69.8 cm³/mol. The van der Waals surface area contributed by atoms with E-state index in [1.54, 1.807) is 13.0 Å². The molecule has 0 aromatic heterocycles. The second-order valence-electron chi connectivity index (χ2n) is 3.55. The average Bonchev–Trinajstić information content (AvgIpc) is 2.24. The molecule has 0 atom stereocenters. The smallest absolute Gasteiger partial charge is 0.441 e. The monoisotopic (exact) mass is 358 g/mol. The molecule has 0 spiro atoms. The maximum atomic E-state index is 11.9. The zero-order valence-electron chi connectivity index (χ0n) is 9.75. The average molecular weight is 359 g/mol. The molecule has 0 amide bonds. The van der Waals surface area contributed by atoms with Gasteiger partial charge in [0.05, 0.1) is 6.61 Å². The first-order valence-electron chi connectivity index (χ1n) is 5.07. The van der Waals surface area contributed by atoms with Crippen LogP contribution in [0, 0.1) is 6.92 Å². The first-order chi connectivity index (χ1) is 8.70. The van der Waals surface area contributed by atoms with Crippen molar-refractivity contribution in [3.63, 3.8) is 0 Å². The lowest BCUT2D eigenvalue weighted by molar-refractivity contribution is -0.0329. The van der Waals surface area contributed by atoms with Gasteiger partial charge < -0.3 is 9.84 Å². The van der Waals surface area contributed by atoms with Gasteiger partial charge in [-0.05, 0) is 36.4 Å². The van der Waals surface area contributed by atoms with E-state index < -0.39 is 11.5 Å². The molecule has 1 N–H and O–H groups in total. The third kappa shape index (κ3) is 5.32. The number of thioether (sulfide) groups is 1. The topological polar surface area (TPSA) is 46.5 Å². The fraction of sp³-hybridized carbons (Fsp3) is 0.364. The van der Waals surface area contributed by atoms with Crippen LogP contribution < -0.4 is 4.74 Å². The molecule has 0 bridgehead atoms. The van der Waals surface area contributed by atoms with Crippen molar-refractivity contribution >= 4 is 33.7 Å². The third-order valence-electron chi connectivity index (χ3n) is 2.07. The number of rotatable bonds is 5. The van der Waals surface area contributed by atoms with E-state index in [0.717, 1.165) is 0 Å². The van der Waals surface area contributed by atoms with Crippen LogP contribution in [0.4, 0.5) is 13.2 Å². The quantitative estimate of drug-likeness (QED) is 0.805. The first-order valence-corrected chi connectivity index (χ1v) is 6.85. The van der Waals surface area contributed by atoms with Gasteiger partial charge in [0.15, 0.2) is 0 Å².